The van der Waals surface area contributed by atoms with Gasteiger partial charge >= 0.3 is 0 Å². The largest absolute Gasteiger partial charge is 0.334 e. The molecule has 5 nitrogen and oxygen atoms in total. The molecule has 1 aromatic carbocycles. The van der Waals surface area contributed by atoms with Crippen molar-refractivity contribution in [3.8, 4) is 0 Å². The van der Waals surface area contributed by atoms with Gasteiger partial charge in [-0.2, -0.15) is 5.10 Å². The lowest BCUT2D eigenvalue weighted by molar-refractivity contribution is 0.0737. The van der Waals surface area contributed by atoms with Crippen LogP contribution in [0.2, 0.25) is 0 Å². The molecule has 2 heterocycles. The van der Waals surface area contributed by atoms with Crippen LogP contribution in [0.5, 0.6) is 0 Å². The van der Waals surface area contributed by atoms with Crippen LogP contribution >= 0.6 is 0 Å². The number of hydrogen-bond donors (Lipinski definition) is 1. The van der Waals surface area contributed by atoms with Gasteiger partial charge in [0.25, 0.3) is 5.91 Å². The zero-order chi connectivity index (χ0) is 15.4. The molecule has 2 aromatic rings. The van der Waals surface area contributed by atoms with Gasteiger partial charge in [-0.25, -0.2) is 0 Å². The molecule has 1 amide bonds. The molecule has 1 saturated heterocycles. The molecule has 1 aromatic heterocycles. The van der Waals surface area contributed by atoms with Gasteiger partial charge in [-0.05, 0) is 25.5 Å². The van der Waals surface area contributed by atoms with E-state index < -0.39 is 0 Å². The minimum atomic E-state index is 0.0945. The number of amides is 1. The Morgan fingerprint density at radius 3 is 2.95 bits per heavy atom. The van der Waals surface area contributed by atoms with E-state index in [1.54, 1.807) is 6.20 Å². The predicted molar refractivity (Wildman–Crippen MR) is 85.8 cm³/mol. The third kappa shape index (κ3) is 3.20. The number of nitrogens with one attached hydrogen (secondary N) is 1. The van der Waals surface area contributed by atoms with Crippen LogP contribution in [0.15, 0.2) is 42.7 Å². The van der Waals surface area contributed by atoms with Crippen molar-refractivity contribution in [1.29, 1.82) is 0 Å². The third-order valence-corrected chi connectivity index (χ3v) is 4.15. The van der Waals surface area contributed by atoms with Crippen molar-refractivity contribution in [3.05, 3.63) is 53.9 Å². The monoisotopic (exact) mass is 298 g/mol. The molecule has 0 saturated carbocycles. The van der Waals surface area contributed by atoms with Crippen LogP contribution in [0.1, 0.15) is 28.8 Å². The Hall–Kier alpha value is -2.14. The molecular weight excluding hydrogens is 276 g/mol. The number of nitrogens with zero attached hydrogens (tertiary/aromatic N) is 3. The van der Waals surface area contributed by atoms with E-state index >= 15 is 0 Å². The molecule has 1 N–H and O–H groups in total. The second kappa shape index (κ2) is 6.75. The fourth-order valence-corrected chi connectivity index (χ4v) is 3.05. The smallest absolute Gasteiger partial charge is 0.257 e. The summed E-state index contributed by atoms with van der Waals surface area (Å²) in [7, 11) is 1.93. The van der Waals surface area contributed by atoms with Gasteiger partial charge in [0.2, 0.25) is 0 Å². The molecule has 0 spiro atoms. The summed E-state index contributed by atoms with van der Waals surface area (Å²) in [5.74, 6) is 0.0945. The Morgan fingerprint density at radius 1 is 1.36 bits per heavy atom. The molecule has 1 atom stereocenters. The number of hydrogen-bond acceptors (Lipinski definition) is 3. The van der Waals surface area contributed by atoms with Crippen LogP contribution in [-0.4, -0.2) is 46.8 Å². The number of aromatic nitrogens is 2. The van der Waals surface area contributed by atoms with Gasteiger partial charge < -0.3 is 10.2 Å². The number of benzene rings is 1. The first-order valence-electron chi connectivity index (χ1n) is 7.80. The van der Waals surface area contributed by atoms with E-state index in [1.165, 1.54) is 5.56 Å². The van der Waals surface area contributed by atoms with E-state index in [0.29, 0.717) is 18.2 Å². The Kier molecular flexibility index (Phi) is 4.53. The fraction of sp³-hybridized carbons (Fsp3) is 0.412. The first-order chi connectivity index (χ1) is 10.8. The SMILES string of the molecule is CNCC1CCCN1C(=O)c1cnn(Cc2ccccc2)c1. The highest BCUT2D eigenvalue weighted by Gasteiger charge is 2.29. The molecular formula is C17H22N4O. The Balaban J connectivity index is 1.69. The molecule has 1 fully saturated rings. The van der Waals surface area contributed by atoms with Crippen LogP contribution in [0.25, 0.3) is 0 Å². The van der Waals surface area contributed by atoms with E-state index in [0.717, 1.165) is 25.9 Å². The predicted octanol–water partition coefficient (Wildman–Crippen LogP) is 1.76. The Bertz CT molecular complexity index is 623. The zero-order valence-corrected chi connectivity index (χ0v) is 12.9. The Labute approximate surface area is 130 Å². The lowest BCUT2D eigenvalue weighted by Crippen LogP contribution is -2.40. The van der Waals surface area contributed by atoms with Crippen molar-refractivity contribution in [2.24, 2.45) is 0 Å². The lowest BCUT2D eigenvalue weighted by atomic mass is 10.2. The van der Waals surface area contributed by atoms with Crippen LogP contribution in [0.3, 0.4) is 0 Å². The molecule has 1 unspecified atom stereocenters. The minimum Gasteiger partial charge on any atom is -0.334 e. The first-order valence-corrected chi connectivity index (χ1v) is 7.80. The number of carbonyl (C=O) groups excluding carboxylic acids is 1. The van der Waals surface area contributed by atoms with Gasteiger partial charge in [-0.15, -0.1) is 0 Å². The fourth-order valence-electron chi connectivity index (χ4n) is 3.05. The van der Waals surface area contributed by atoms with Gasteiger partial charge in [0.1, 0.15) is 0 Å². The molecule has 0 radical (unpaired) electrons. The van der Waals surface area contributed by atoms with E-state index in [2.05, 4.69) is 22.5 Å². The summed E-state index contributed by atoms with van der Waals surface area (Å²) < 4.78 is 1.83. The van der Waals surface area contributed by atoms with E-state index in [-0.39, 0.29) is 5.91 Å². The molecule has 5 heteroatoms. The van der Waals surface area contributed by atoms with Crippen molar-refractivity contribution in [3.63, 3.8) is 0 Å². The topological polar surface area (TPSA) is 50.2 Å². The summed E-state index contributed by atoms with van der Waals surface area (Å²) in [5.41, 5.74) is 1.86. The second-order valence-corrected chi connectivity index (χ2v) is 5.76. The number of likely N-dealkylation sites (tertiary alicyclic amines) is 1. The molecule has 3 rings (SSSR count). The van der Waals surface area contributed by atoms with Crippen LogP contribution in [0, 0.1) is 0 Å². The summed E-state index contributed by atoms with van der Waals surface area (Å²) in [6.07, 6.45) is 5.69. The maximum atomic E-state index is 12.6. The van der Waals surface area contributed by atoms with Gasteiger partial charge in [0, 0.05) is 25.3 Å². The van der Waals surface area contributed by atoms with Gasteiger partial charge in [-0.3, -0.25) is 9.48 Å². The summed E-state index contributed by atoms with van der Waals surface area (Å²) in [6, 6.07) is 10.4. The average Bonchev–Trinajstić information content (AvgIpc) is 3.18. The highest BCUT2D eigenvalue weighted by Crippen LogP contribution is 2.19. The highest BCUT2D eigenvalue weighted by atomic mass is 16.2. The minimum absolute atomic E-state index is 0.0945. The summed E-state index contributed by atoms with van der Waals surface area (Å²) >= 11 is 0. The Morgan fingerprint density at radius 2 is 2.18 bits per heavy atom. The highest BCUT2D eigenvalue weighted by molar-refractivity contribution is 5.94. The normalized spacial score (nSPS) is 17.9. The standard InChI is InChI=1S/C17H22N4O/c1-18-11-16-8-5-9-21(16)17(22)15-10-19-20(13-15)12-14-6-3-2-4-7-14/h2-4,6-7,10,13,16,18H,5,8-9,11-12H2,1H3. The van der Waals surface area contributed by atoms with Crippen molar-refractivity contribution in [2.75, 3.05) is 20.1 Å². The van der Waals surface area contributed by atoms with Crippen molar-refractivity contribution < 1.29 is 4.79 Å². The van der Waals surface area contributed by atoms with Crippen molar-refractivity contribution >= 4 is 5.91 Å². The van der Waals surface area contributed by atoms with Crippen molar-refractivity contribution in [1.82, 2.24) is 20.0 Å². The molecule has 22 heavy (non-hydrogen) atoms. The van der Waals surface area contributed by atoms with Gasteiger partial charge in [0.15, 0.2) is 0 Å². The van der Waals surface area contributed by atoms with E-state index in [1.807, 2.05) is 41.0 Å². The maximum Gasteiger partial charge on any atom is 0.257 e. The van der Waals surface area contributed by atoms with Crippen LogP contribution in [0.4, 0.5) is 0 Å². The summed E-state index contributed by atoms with van der Waals surface area (Å²) in [5, 5.41) is 7.50. The van der Waals surface area contributed by atoms with Gasteiger partial charge in [-0.1, -0.05) is 30.3 Å². The maximum absolute atomic E-state index is 12.6. The summed E-state index contributed by atoms with van der Waals surface area (Å²) in [4.78, 5) is 14.6. The van der Waals surface area contributed by atoms with Gasteiger partial charge in [0.05, 0.1) is 18.3 Å². The van der Waals surface area contributed by atoms with Crippen LogP contribution < -0.4 is 5.32 Å². The summed E-state index contributed by atoms with van der Waals surface area (Å²) in [6.45, 7) is 2.38. The first kappa shape index (κ1) is 14.8. The zero-order valence-electron chi connectivity index (χ0n) is 12.9. The average molecular weight is 298 g/mol. The lowest BCUT2D eigenvalue weighted by Gasteiger charge is -2.23. The molecule has 116 valence electrons. The number of rotatable bonds is 5. The molecule has 1 aliphatic heterocycles. The third-order valence-electron chi connectivity index (χ3n) is 4.15. The quantitative estimate of drug-likeness (QED) is 0.915. The van der Waals surface area contributed by atoms with E-state index in [9.17, 15) is 4.79 Å². The van der Waals surface area contributed by atoms with E-state index in [4.69, 9.17) is 0 Å². The number of likely N-dealkylation sites (N-methyl/N-ethyl adjacent to an activating group) is 1. The molecule has 0 aliphatic carbocycles. The molecule has 0 bridgehead atoms. The second-order valence-electron chi connectivity index (χ2n) is 5.76. The van der Waals surface area contributed by atoms with Crippen molar-refractivity contribution in [2.45, 2.75) is 25.4 Å². The van der Waals surface area contributed by atoms with Crippen LogP contribution in [-0.2, 0) is 6.54 Å². The molecule has 1 aliphatic rings. The number of carbonyl (C=O) groups is 1.